The van der Waals surface area contributed by atoms with Crippen molar-refractivity contribution in [2.45, 2.75) is 25.2 Å². The molecule has 6 nitrogen and oxygen atoms in total. The number of nitrogens with zero attached hydrogens (tertiary/aromatic N) is 3. The van der Waals surface area contributed by atoms with Crippen molar-refractivity contribution in [2.75, 3.05) is 5.75 Å². The molecule has 0 aliphatic heterocycles. The Morgan fingerprint density at radius 3 is 2.76 bits per heavy atom. The molecule has 2 heterocycles. The van der Waals surface area contributed by atoms with Crippen molar-refractivity contribution in [3.63, 3.8) is 0 Å². The van der Waals surface area contributed by atoms with Gasteiger partial charge < -0.3 is 14.3 Å². The fourth-order valence-electron chi connectivity index (χ4n) is 2.27. The van der Waals surface area contributed by atoms with E-state index < -0.39 is 0 Å². The molecule has 0 radical (unpaired) electrons. The fourth-order valence-corrected chi connectivity index (χ4v) is 3.23. The zero-order valence-electron chi connectivity index (χ0n) is 13.6. The van der Waals surface area contributed by atoms with Gasteiger partial charge >= 0.3 is 0 Å². The normalized spacial score (nSPS) is 10.8. The van der Waals surface area contributed by atoms with E-state index in [4.69, 9.17) is 16.0 Å². The number of carbonyl (C=O) groups is 1. The number of benzene rings is 1. The van der Waals surface area contributed by atoms with Crippen LogP contribution >= 0.6 is 23.4 Å². The van der Waals surface area contributed by atoms with Crippen molar-refractivity contribution < 1.29 is 9.21 Å². The quantitative estimate of drug-likeness (QED) is 0.637. The number of nitrogens with one attached hydrogen (secondary N) is 1. The maximum atomic E-state index is 12.0. The van der Waals surface area contributed by atoms with Gasteiger partial charge in [-0.1, -0.05) is 23.4 Å². The van der Waals surface area contributed by atoms with Crippen molar-refractivity contribution in [3.05, 3.63) is 53.4 Å². The molecule has 0 bridgehead atoms. The van der Waals surface area contributed by atoms with E-state index in [9.17, 15) is 4.79 Å². The molecule has 0 atom stereocenters. The molecule has 130 valence electrons. The first-order valence-corrected chi connectivity index (χ1v) is 9.14. The van der Waals surface area contributed by atoms with Gasteiger partial charge in [-0.2, -0.15) is 0 Å². The monoisotopic (exact) mass is 376 g/mol. The Balaban J connectivity index is 1.62. The number of rotatable bonds is 7. The van der Waals surface area contributed by atoms with E-state index in [1.807, 2.05) is 41.8 Å². The molecule has 0 unspecified atom stereocenters. The van der Waals surface area contributed by atoms with Gasteiger partial charge in [0.2, 0.25) is 5.91 Å². The van der Waals surface area contributed by atoms with Gasteiger partial charge in [-0.05, 0) is 43.3 Å². The Morgan fingerprint density at radius 2 is 2.08 bits per heavy atom. The maximum Gasteiger partial charge on any atom is 0.230 e. The first-order chi connectivity index (χ1) is 12.2. The highest BCUT2D eigenvalue weighted by Crippen LogP contribution is 2.25. The molecule has 1 N–H and O–H groups in total. The van der Waals surface area contributed by atoms with Crippen molar-refractivity contribution in [1.82, 2.24) is 20.1 Å². The van der Waals surface area contributed by atoms with E-state index in [-0.39, 0.29) is 11.7 Å². The van der Waals surface area contributed by atoms with Crippen LogP contribution in [0, 0.1) is 0 Å². The average molecular weight is 377 g/mol. The van der Waals surface area contributed by atoms with Gasteiger partial charge in [0, 0.05) is 17.1 Å². The van der Waals surface area contributed by atoms with Gasteiger partial charge in [-0.3, -0.25) is 4.79 Å². The van der Waals surface area contributed by atoms with Crippen LogP contribution in [0.5, 0.6) is 0 Å². The molecule has 2 aromatic heterocycles. The molecule has 0 aliphatic carbocycles. The smallest absolute Gasteiger partial charge is 0.230 e. The van der Waals surface area contributed by atoms with Gasteiger partial charge in [0.05, 0.1) is 18.6 Å². The lowest BCUT2D eigenvalue weighted by Crippen LogP contribution is -2.24. The second-order valence-electron chi connectivity index (χ2n) is 5.20. The Kier molecular flexibility index (Phi) is 5.78. The number of amides is 1. The second kappa shape index (κ2) is 8.22. The molecule has 8 heteroatoms. The number of hydrogen-bond donors (Lipinski definition) is 1. The van der Waals surface area contributed by atoms with Crippen LogP contribution in [0.4, 0.5) is 0 Å². The molecule has 0 fully saturated rings. The van der Waals surface area contributed by atoms with Crippen LogP contribution < -0.4 is 5.32 Å². The van der Waals surface area contributed by atoms with Crippen LogP contribution in [0.15, 0.2) is 52.2 Å². The summed E-state index contributed by atoms with van der Waals surface area (Å²) in [5, 5.41) is 12.7. The number of thioether (sulfide) groups is 1. The molecule has 0 aliphatic rings. The minimum absolute atomic E-state index is 0.0832. The highest BCUT2D eigenvalue weighted by molar-refractivity contribution is 7.99. The predicted molar refractivity (Wildman–Crippen MR) is 97.4 cm³/mol. The van der Waals surface area contributed by atoms with E-state index in [0.717, 1.165) is 17.1 Å². The molecule has 1 amide bonds. The Labute approximate surface area is 154 Å². The van der Waals surface area contributed by atoms with Crippen LogP contribution in [0.1, 0.15) is 12.7 Å². The van der Waals surface area contributed by atoms with Gasteiger partial charge in [0.1, 0.15) is 5.76 Å². The summed E-state index contributed by atoms with van der Waals surface area (Å²) in [5.74, 6) is 1.66. The third-order valence-corrected chi connectivity index (χ3v) is 4.73. The molecule has 0 saturated carbocycles. The number of furan rings is 1. The lowest BCUT2D eigenvalue weighted by atomic mass is 10.2. The largest absolute Gasteiger partial charge is 0.467 e. The second-order valence-corrected chi connectivity index (χ2v) is 6.58. The van der Waals surface area contributed by atoms with E-state index in [2.05, 4.69) is 15.5 Å². The molecule has 0 saturated heterocycles. The van der Waals surface area contributed by atoms with Crippen LogP contribution in [-0.2, 0) is 17.9 Å². The third kappa shape index (κ3) is 4.43. The molecule has 3 rings (SSSR count). The van der Waals surface area contributed by atoms with Gasteiger partial charge in [-0.15, -0.1) is 10.2 Å². The van der Waals surface area contributed by atoms with Crippen molar-refractivity contribution >= 4 is 29.3 Å². The van der Waals surface area contributed by atoms with Crippen LogP contribution in [-0.4, -0.2) is 26.4 Å². The van der Waals surface area contributed by atoms with Crippen molar-refractivity contribution in [2.24, 2.45) is 0 Å². The third-order valence-electron chi connectivity index (χ3n) is 3.51. The summed E-state index contributed by atoms with van der Waals surface area (Å²) >= 11 is 7.29. The van der Waals surface area contributed by atoms with Crippen molar-refractivity contribution in [3.8, 4) is 11.4 Å². The van der Waals surface area contributed by atoms with E-state index in [1.165, 1.54) is 11.8 Å². The average Bonchev–Trinajstić information content (AvgIpc) is 3.28. The maximum absolute atomic E-state index is 12.0. The predicted octanol–water partition coefficient (Wildman–Crippen LogP) is 3.62. The lowest BCUT2D eigenvalue weighted by Gasteiger charge is -2.07. The number of hydrogen-bond acceptors (Lipinski definition) is 5. The molecule has 3 aromatic rings. The van der Waals surface area contributed by atoms with Gasteiger partial charge in [0.15, 0.2) is 11.0 Å². The topological polar surface area (TPSA) is 73.0 Å². The van der Waals surface area contributed by atoms with E-state index >= 15 is 0 Å². The molecule has 1 aromatic carbocycles. The zero-order valence-corrected chi connectivity index (χ0v) is 15.2. The Bertz CT molecular complexity index is 831. The van der Waals surface area contributed by atoms with Crippen molar-refractivity contribution in [1.29, 1.82) is 0 Å². The number of carbonyl (C=O) groups excluding carboxylic acids is 1. The highest BCUT2D eigenvalue weighted by Gasteiger charge is 2.14. The minimum atomic E-state index is -0.0832. The minimum Gasteiger partial charge on any atom is -0.467 e. The summed E-state index contributed by atoms with van der Waals surface area (Å²) in [4.78, 5) is 12.0. The first kappa shape index (κ1) is 17.6. The van der Waals surface area contributed by atoms with E-state index in [0.29, 0.717) is 23.3 Å². The lowest BCUT2D eigenvalue weighted by molar-refractivity contribution is -0.118. The molecular formula is C17H17ClN4O2S. The first-order valence-electron chi connectivity index (χ1n) is 7.78. The van der Waals surface area contributed by atoms with Crippen LogP contribution in [0.3, 0.4) is 0 Å². The summed E-state index contributed by atoms with van der Waals surface area (Å²) in [6, 6.07) is 11.1. The SMILES string of the molecule is CCn1c(SCC(=O)NCc2ccco2)nnc1-c1ccc(Cl)cc1. The molecule has 25 heavy (non-hydrogen) atoms. The zero-order chi connectivity index (χ0) is 17.6. The fraction of sp³-hybridized carbons (Fsp3) is 0.235. The number of halogens is 1. The van der Waals surface area contributed by atoms with Crippen LogP contribution in [0.2, 0.25) is 5.02 Å². The van der Waals surface area contributed by atoms with Gasteiger partial charge in [-0.25, -0.2) is 0 Å². The van der Waals surface area contributed by atoms with Gasteiger partial charge in [0.25, 0.3) is 0 Å². The summed E-state index contributed by atoms with van der Waals surface area (Å²) in [6.07, 6.45) is 1.58. The summed E-state index contributed by atoms with van der Waals surface area (Å²) in [6.45, 7) is 3.11. The Hall–Kier alpha value is -2.25. The van der Waals surface area contributed by atoms with E-state index in [1.54, 1.807) is 12.3 Å². The molecule has 0 spiro atoms. The summed E-state index contributed by atoms with van der Waals surface area (Å²) in [5.41, 5.74) is 0.938. The van der Waals surface area contributed by atoms with Crippen LogP contribution in [0.25, 0.3) is 11.4 Å². The highest BCUT2D eigenvalue weighted by atomic mass is 35.5. The Morgan fingerprint density at radius 1 is 1.28 bits per heavy atom. The standard InChI is InChI=1S/C17H17ClN4O2S/c1-2-22-16(12-5-7-13(18)8-6-12)20-21-17(22)25-11-15(23)19-10-14-4-3-9-24-14/h3-9H,2,10-11H2,1H3,(H,19,23). The number of aromatic nitrogens is 3. The summed E-state index contributed by atoms with van der Waals surface area (Å²) < 4.78 is 7.17. The molecular weight excluding hydrogens is 360 g/mol. The summed E-state index contributed by atoms with van der Waals surface area (Å²) in [7, 11) is 0.